The van der Waals surface area contributed by atoms with E-state index >= 15 is 0 Å². The second-order valence-electron chi connectivity index (χ2n) is 9.90. The molecule has 3 aromatic rings. The second-order valence-corrected chi connectivity index (χ2v) is 9.90. The fourth-order valence-electron chi connectivity index (χ4n) is 4.58. The molecule has 0 unspecified atom stereocenters. The first-order valence-corrected chi connectivity index (χ1v) is 11.7. The summed E-state index contributed by atoms with van der Waals surface area (Å²) in [5.74, 6) is 0.649. The molecule has 1 amide bonds. The molecule has 0 saturated carbocycles. The summed E-state index contributed by atoms with van der Waals surface area (Å²) < 4.78 is 11.6. The number of nitrogens with zero attached hydrogens (tertiary/aromatic N) is 3. The molecule has 2 aromatic carbocycles. The molecule has 1 fully saturated rings. The van der Waals surface area contributed by atoms with Crippen molar-refractivity contribution >= 4 is 34.2 Å². The average Bonchev–Trinajstić information content (AvgIpc) is 3.56. The average molecular weight is 474 g/mol. The minimum absolute atomic E-state index is 0.0370. The number of hydrogen-bond acceptors (Lipinski definition) is 6. The lowest BCUT2D eigenvalue weighted by Gasteiger charge is -2.28. The highest BCUT2D eigenvalue weighted by atomic mass is 16.6. The molecule has 0 aliphatic carbocycles. The molecular formula is C27H27N3O5. The van der Waals surface area contributed by atoms with Gasteiger partial charge in [-0.15, -0.1) is 0 Å². The number of amides is 1. The van der Waals surface area contributed by atoms with E-state index in [4.69, 9.17) is 14.1 Å². The minimum Gasteiger partial charge on any atom is -0.456 e. The van der Waals surface area contributed by atoms with Crippen LogP contribution in [0.1, 0.15) is 45.6 Å². The van der Waals surface area contributed by atoms with Crippen LogP contribution in [-0.4, -0.2) is 39.8 Å². The third-order valence-electron chi connectivity index (χ3n) is 6.21. The number of furan rings is 1. The van der Waals surface area contributed by atoms with E-state index in [-0.39, 0.29) is 17.8 Å². The van der Waals surface area contributed by atoms with Crippen molar-refractivity contribution in [2.45, 2.75) is 51.7 Å². The molecule has 2 aliphatic heterocycles. The topological polar surface area (TPSA) is 98.2 Å². The van der Waals surface area contributed by atoms with Gasteiger partial charge < -0.3 is 9.15 Å². The summed E-state index contributed by atoms with van der Waals surface area (Å²) in [5.41, 5.74) is 3.87. The van der Waals surface area contributed by atoms with Crippen LogP contribution < -0.4 is 0 Å². The monoisotopic (exact) mass is 473 g/mol. The van der Waals surface area contributed by atoms with E-state index in [1.54, 1.807) is 17.0 Å². The number of likely N-dealkylation sites (tertiary alicyclic amines) is 1. The zero-order valence-electron chi connectivity index (χ0n) is 20.0. The fraction of sp³-hybridized carbons (Fsp3) is 0.333. The van der Waals surface area contributed by atoms with E-state index < -0.39 is 10.5 Å². The predicted molar refractivity (Wildman–Crippen MR) is 134 cm³/mol. The molecule has 5 rings (SSSR count). The predicted octanol–water partition coefficient (Wildman–Crippen LogP) is 6.59. The Balaban J connectivity index is 1.35. The lowest BCUT2D eigenvalue weighted by Crippen LogP contribution is -2.43. The van der Waals surface area contributed by atoms with Gasteiger partial charge in [0.25, 0.3) is 5.69 Å². The van der Waals surface area contributed by atoms with Gasteiger partial charge in [-0.05, 0) is 70.0 Å². The Hall–Kier alpha value is -3.94. The summed E-state index contributed by atoms with van der Waals surface area (Å²) in [5, 5.41) is 11.8. The molecule has 8 heteroatoms. The molecule has 180 valence electrons. The highest BCUT2D eigenvalue weighted by Gasteiger charge is 2.36. The first-order chi connectivity index (χ1) is 16.7. The molecule has 0 radical (unpaired) electrons. The van der Waals surface area contributed by atoms with E-state index in [2.05, 4.69) is 6.08 Å². The van der Waals surface area contributed by atoms with Crippen LogP contribution in [0.25, 0.3) is 28.0 Å². The third-order valence-corrected chi connectivity index (χ3v) is 6.21. The maximum atomic E-state index is 12.7. The van der Waals surface area contributed by atoms with Crippen LogP contribution in [0, 0.1) is 10.1 Å². The standard InChI is InChI=1S/C27H27N3O5/c1-27(2,3)35-26(31)29-14-4-5-23(29)22-12-11-21(28-22)18-8-13-24-19(15-18)16-25(34-24)17-6-9-20(10-7-17)30(32)33/h6-11,13,15-16,23H,4-5,12,14H2,1-3H3/t23-/m0/s1. The molecule has 8 nitrogen and oxygen atoms in total. The number of aliphatic imine (C=N–C) groups is 1. The molecule has 0 N–H and O–H groups in total. The van der Waals surface area contributed by atoms with Crippen LogP contribution in [0.15, 0.2) is 64.0 Å². The van der Waals surface area contributed by atoms with Crippen molar-refractivity contribution in [3.05, 3.63) is 70.3 Å². The number of fused-ring (bicyclic) bond motifs is 1. The number of rotatable bonds is 4. The van der Waals surface area contributed by atoms with Crippen molar-refractivity contribution in [1.82, 2.24) is 4.90 Å². The molecule has 0 spiro atoms. The zero-order chi connectivity index (χ0) is 24.7. The van der Waals surface area contributed by atoms with Gasteiger partial charge in [-0.3, -0.25) is 20.0 Å². The number of carbonyl (C=O) groups is 1. The number of benzene rings is 2. The van der Waals surface area contributed by atoms with Crippen LogP contribution in [0.3, 0.4) is 0 Å². The Bertz CT molecular complexity index is 1360. The van der Waals surface area contributed by atoms with Gasteiger partial charge in [-0.1, -0.05) is 6.08 Å². The van der Waals surface area contributed by atoms with Crippen molar-refractivity contribution in [1.29, 1.82) is 0 Å². The summed E-state index contributed by atoms with van der Waals surface area (Å²) in [6.07, 6.45) is 4.34. The smallest absolute Gasteiger partial charge is 0.410 e. The van der Waals surface area contributed by atoms with Crippen LogP contribution >= 0.6 is 0 Å². The van der Waals surface area contributed by atoms with E-state index in [0.29, 0.717) is 18.7 Å². The molecular weight excluding hydrogens is 446 g/mol. The number of ether oxygens (including phenoxy) is 1. The lowest BCUT2D eigenvalue weighted by molar-refractivity contribution is -0.384. The second kappa shape index (κ2) is 8.69. The molecule has 35 heavy (non-hydrogen) atoms. The molecule has 1 aromatic heterocycles. The molecule has 1 saturated heterocycles. The Morgan fingerprint density at radius 1 is 1.14 bits per heavy atom. The van der Waals surface area contributed by atoms with E-state index in [1.165, 1.54) is 12.1 Å². The van der Waals surface area contributed by atoms with Crippen LogP contribution in [0.5, 0.6) is 0 Å². The first-order valence-electron chi connectivity index (χ1n) is 11.7. The van der Waals surface area contributed by atoms with Crippen LogP contribution in [0.2, 0.25) is 0 Å². The van der Waals surface area contributed by atoms with E-state index in [1.807, 2.05) is 45.0 Å². The summed E-state index contributed by atoms with van der Waals surface area (Å²) in [7, 11) is 0. The van der Waals surface area contributed by atoms with Crippen molar-refractivity contribution in [3.63, 3.8) is 0 Å². The van der Waals surface area contributed by atoms with Crippen molar-refractivity contribution in [3.8, 4) is 11.3 Å². The number of nitro benzene ring substituents is 1. The lowest BCUT2D eigenvalue weighted by atomic mass is 10.1. The zero-order valence-corrected chi connectivity index (χ0v) is 20.0. The SMILES string of the molecule is CC(C)(C)OC(=O)N1CCC[C@H]1C1=NC(c2ccc3oc(-c4ccc([N+](=O)[O-])cc4)cc3c2)=CC1. The van der Waals surface area contributed by atoms with E-state index in [9.17, 15) is 14.9 Å². The van der Waals surface area contributed by atoms with Gasteiger partial charge in [0.1, 0.15) is 16.9 Å². The third kappa shape index (κ3) is 4.69. The summed E-state index contributed by atoms with van der Waals surface area (Å²) in [6.45, 7) is 6.31. The van der Waals surface area contributed by atoms with Crippen molar-refractivity contribution < 1.29 is 18.9 Å². The van der Waals surface area contributed by atoms with E-state index in [0.717, 1.165) is 46.3 Å². The highest BCUT2D eigenvalue weighted by molar-refractivity contribution is 6.01. The maximum Gasteiger partial charge on any atom is 0.410 e. The Morgan fingerprint density at radius 3 is 2.60 bits per heavy atom. The number of carbonyl (C=O) groups excluding carboxylic acids is 1. The largest absolute Gasteiger partial charge is 0.456 e. The van der Waals surface area contributed by atoms with Crippen molar-refractivity contribution in [2.24, 2.45) is 4.99 Å². The Morgan fingerprint density at radius 2 is 1.89 bits per heavy atom. The van der Waals surface area contributed by atoms with Gasteiger partial charge >= 0.3 is 6.09 Å². The number of nitro groups is 1. The fourth-order valence-corrected chi connectivity index (χ4v) is 4.58. The molecule has 1 atom stereocenters. The maximum absolute atomic E-state index is 12.7. The van der Waals surface area contributed by atoms with Crippen LogP contribution in [-0.2, 0) is 4.74 Å². The van der Waals surface area contributed by atoms with Gasteiger partial charge in [-0.2, -0.15) is 0 Å². The molecule has 0 bridgehead atoms. The number of non-ortho nitro benzene ring substituents is 1. The minimum atomic E-state index is -0.529. The normalized spacial score (nSPS) is 18.0. The van der Waals surface area contributed by atoms with Gasteiger partial charge in [0, 0.05) is 47.3 Å². The summed E-state index contributed by atoms with van der Waals surface area (Å²) >= 11 is 0. The highest BCUT2D eigenvalue weighted by Crippen LogP contribution is 2.33. The summed E-state index contributed by atoms with van der Waals surface area (Å²) in [6, 6.07) is 14.1. The number of hydrogen-bond donors (Lipinski definition) is 0. The molecule has 3 heterocycles. The van der Waals surface area contributed by atoms with Gasteiger partial charge in [0.15, 0.2) is 0 Å². The quantitative estimate of drug-likeness (QED) is 0.314. The van der Waals surface area contributed by atoms with Gasteiger partial charge in [-0.25, -0.2) is 4.79 Å². The number of allylic oxidation sites excluding steroid dienone is 1. The van der Waals surface area contributed by atoms with Gasteiger partial charge in [0.05, 0.1) is 16.7 Å². The molecule has 2 aliphatic rings. The Kier molecular flexibility index (Phi) is 5.67. The Labute approximate surface area is 203 Å². The van der Waals surface area contributed by atoms with Crippen molar-refractivity contribution in [2.75, 3.05) is 6.54 Å². The summed E-state index contributed by atoms with van der Waals surface area (Å²) in [4.78, 5) is 29.9. The van der Waals surface area contributed by atoms with Gasteiger partial charge in [0.2, 0.25) is 0 Å². The first kappa shape index (κ1) is 22.8. The van der Waals surface area contributed by atoms with Crippen LogP contribution in [0.4, 0.5) is 10.5 Å².